The summed E-state index contributed by atoms with van der Waals surface area (Å²) in [7, 11) is 1.63. The molecule has 0 saturated carbocycles. The normalized spacial score (nSPS) is 22.5. The van der Waals surface area contributed by atoms with Crippen molar-refractivity contribution in [3.05, 3.63) is 30.3 Å². The van der Waals surface area contributed by atoms with Crippen molar-refractivity contribution in [1.82, 2.24) is 4.90 Å². The van der Waals surface area contributed by atoms with Crippen molar-refractivity contribution in [3.63, 3.8) is 0 Å². The summed E-state index contributed by atoms with van der Waals surface area (Å²) in [6.45, 7) is 3.00. The van der Waals surface area contributed by atoms with E-state index in [9.17, 15) is 9.59 Å². The zero-order valence-electron chi connectivity index (χ0n) is 13.2. The van der Waals surface area contributed by atoms with Gasteiger partial charge in [-0.15, -0.1) is 0 Å². The standard InChI is InChI=1S/C16H20N4O3/c1-16(23-2)9-19(10-16)15(22)12-8-13(14(17)21)20(18-12)11-6-4-3-5-7-11/h3-7,13H,8-10H2,1-2H3,(H2,17,21)/t13-/m0/s1. The second-order valence-electron chi connectivity index (χ2n) is 6.16. The van der Waals surface area contributed by atoms with Crippen LogP contribution in [0.5, 0.6) is 0 Å². The number of benzene rings is 1. The molecule has 2 aliphatic rings. The number of para-hydroxylation sites is 1. The minimum atomic E-state index is -0.633. The fraction of sp³-hybridized carbons (Fsp3) is 0.438. The van der Waals surface area contributed by atoms with Gasteiger partial charge < -0.3 is 15.4 Å². The van der Waals surface area contributed by atoms with Crippen LogP contribution in [0.4, 0.5) is 5.69 Å². The molecule has 1 saturated heterocycles. The third kappa shape index (κ3) is 2.79. The summed E-state index contributed by atoms with van der Waals surface area (Å²) < 4.78 is 5.35. The lowest BCUT2D eigenvalue weighted by Gasteiger charge is -2.46. The largest absolute Gasteiger partial charge is 0.375 e. The number of nitrogens with two attached hydrogens (primary N) is 1. The van der Waals surface area contributed by atoms with Gasteiger partial charge in [0.2, 0.25) is 5.91 Å². The predicted molar refractivity (Wildman–Crippen MR) is 85.9 cm³/mol. The van der Waals surface area contributed by atoms with Crippen molar-refractivity contribution in [1.29, 1.82) is 0 Å². The summed E-state index contributed by atoms with van der Waals surface area (Å²) in [5.74, 6) is -0.657. The fourth-order valence-electron chi connectivity index (χ4n) is 2.90. The maximum absolute atomic E-state index is 12.5. The molecular formula is C16H20N4O3. The zero-order valence-corrected chi connectivity index (χ0v) is 13.2. The van der Waals surface area contributed by atoms with Crippen LogP contribution in [0.1, 0.15) is 13.3 Å². The number of carbonyl (C=O) groups is 2. The van der Waals surface area contributed by atoms with E-state index in [0.717, 1.165) is 5.69 Å². The van der Waals surface area contributed by atoms with E-state index in [1.54, 1.807) is 12.0 Å². The molecule has 2 heterocycles. The second kappa shape index (κ2) is 5.66. The van der Waals surface area contributed by atoms with Crippen LogP contribution >= 0.6 is 0 Å². The van der Waals surface area contributed by atoms with Gasteiger partial charge in [-0.05, 0) is 19.1 Å². The van der Waals surface area contributed by atoms with E-state index in [2.05, 4.69) is 5.10 Å². The molecule has 2 N–H and O–H groups in total. The number of hydrogen-bond donors (Lipinski definition) is 1. The summed E-state index contributed by atoms with van der Waals surface area (Å²) in [6, 6.07) is 8.60. The minimum absolute atomic E-state index is 0.163. The van der Waals surface area contributed by atoms with Gasteiger partial charge in [0, 0.05) is 13.5 Å². The summed E-state index contributed by atoms with van der Waals surface area (Å²) >= 11 is 0. The Balaban J connectivity index is 1.78. The Hall–Kier alpha value is -2.41. The Morgan fingerprint density at radius 3 is 2.52 bits per heavy atom. The van der Waals surface area contributed by atoms with Crippen molar-refractivity contribution in [2.45, 2.75) is 25.0 Å². The molecule has 122 valence electrons. The first-order chi connectivity index (χ1) is 10.9. The van der Waals surface area contributed by atoms with Crippen molar-refractivity contribution in [2.24, 2.45) is 10.8 Å². The Morgan fingerprint density at radius 2 is 1.96 bits per heavy atom. The molecular weight excluding hydrogens is 296 g/mol. The van der Waals surface area contributed by atoms with Crippen LogP contribution in [-0.4, -0.2) is 54.3 Å². The number of hydrogen-bond acceptors (Lipinski definition) is 5. The number of rotatable bonds is 4. The van der Waals surface area contributed by atoms with Gasteiger partial charge in [0.25, 0.3) is 5.91 Å². The van der Waals surface area contributed by atoms with E-state index in [1.807, 2.05) is 37.3 Å². The van der Waals surface area contributed by atoms with Gasteiger partial charge in [0.1, 0.15) is 17.4 Å². The summed E-state index contributed by atoms with van der Waals surface area (Å²) in [4.78, 5) is 25.9. The SMILES string of the molecule is COC1(C)CN(C(=O)C2=NN(c3ccccc3)[C@H](C(N)=O)C2)C1. The van der Waals surface area contributed by atoms with Crippen LogP contribution in [0.2, 0.25) is 0 Å². The lowest BCUT2D eigenvalue weighted by Crippen LogP contribution is -2.63. The van der Waals surface area contributed by atoms with Crippen LogP contribution in [0.15, 0.2) is 35.4 Å². The van der Waals surface area contributed by atoms with E-state index in [0.29, 0.717) is 18.8 Å². The van der Waals surface area contributed by atoms with Gasteiger partial charge >= 0.3 is 0 Å². The van der Waals surface area contributed by atoms with E-state index < -0.39 is 11.9 Å². The maximum Gasteiger partial charge on any atom is 0.270 e. The van der Waals surface area contributed by atoms with Crippen LogP contribution in [-0.2, 0) is 14.3 Å². The van der Waals surface area contributed by atoms with Crippen molar-refractivity contribution in [3.8, 4) is 0 Å². The summed E-state index contributed by atoms with van der Waals surface area (Å²) in [5.41, 5.74) is 6.28. The second-order valence-corrected chi connectivity index (χ2v) is 6.16. The lowest BCUT2D eigenvalue weighted by atomic mass is 9.95. The molecule has 2 amide bonds. The number of ether oxygens (including phenoxy) is 1. The number of primary amides is 1. The van der Waals surface area contributed by atoms with Crippen molar-refractivity contribution >= 4 is 23.2 Å². The molecule has 1 fully saturated rings. The Morgan fingerprint density at radius 1 is 1.30 bits per heavy atom. The predicted octanol–water partition coefficient (Wildman–Crippen LogP) is 0.354. The quantitative estimate of drug-likeness (QED) is 0.868. The maximum atomic E-state index is 12.5. The first-order valence-corrected chi connectivity index (χ1v) is 7.49. The molecule has 3 rings (SSSR count). The zero-order chi connectivity index (χ0) is 16.6. The van der Waals surface area contributed by atoms with Crippen LogP contribution in [0.3, 0.4) is 0 Å². The monoisotopic (exact) mass is 316 g/mol. The molecule has 0 unspecified atom stereocenters. The Labute approximate surface area is 134 Å². The molecule has 2 aliphatic heterocycles. The highest BCUT2D eigenvalue weighted by molar-refractivity contribution is 6.40. The smallest absolute Gasteiger partial charge is 0.270 e. The van der Waals surface area contributed by atoms with Gasteiger partial charge in [-0.2, -0.15) is 5.10 Å². The Kier molecular flexibility index (Phi) is 3.81. The first-order valence-electron chi connectivity index (χ1n) is 7.49. The lowest BCUT2D eigenvalue weighted by molar-refractivity contribution is -0.150. The number of amides is 2. The summed E-state index contributed by atoms with van der Waals surface area (Å²) in [6.07, 6.45) is 0.225. The highest BCUT2D eigenvalue weighted by atomic mass is 16.5. The third-order valence-electron chi connectivity index (χ3n) is 4.34. The average molecular weight is 316 g/mol. The number of methoxy groups -OCH3 is 1. The van der Waals surface area contributed by atoms with Crippen molar-refractivity contribution < 1.29 is 14.3 Å². The van der Waals surface area contributed by atoms with E-state index >= 15 is 0 Å². The molecule has 7 heteroatoms. The molecule has 0 bridgehead atoms. The third-order valence-corrected chi connectivity index (χ3v) is 4.34. The minimum Gasteiger partial charge on any atom is -0.375 e. The highest BCUT2D eigenvalue weighted by Gasteiger charge is 2.45. The van der Waals surface area contributed by atoms with Crippen LogP contribution in [0, 0.1) is 0 Å². The molecule has 0 aliphatic carbocycles. The number of nitrogens with zero attached hydrogens (tertiary/aromatic N) is 3. The number of likely N-dealkylation sites (tertiary alicyclic amines) is 1. The van der Waals surface area contributed by atoms with Crippen LogP contribution < -0.4 is 10.7 Å². The van der Waals surface area contributed by atoms with Gasteiger partial charge in [-0.1, -0.05) is 18.2 Å². The van der Waals surface area contributed by atoms with Crippen LogP contribution in [0.25, 0.3) is 0 Å². The highest BCUT2D eigenvalue weighted by Crippen LogP contribution is 2.28. The van der Waals surface area contributed by atoms with E-state index in [4.69, 9.17) is 10.5 Å². The Bertz CT molecular complexity index is 653. The molecule has 1 aromatic carbocycles. The summed E-state index contributed by atoms with van der Waals surface area (Å²) in [5, 5.41) is 5.89. The first kappa shape index (κ1) is 15.5. The topological polar surface area (TPSA) is 88.2 Å². The molecule has 1 aromatic rings. The number of carbonyl (C=O) groups excluding carboxylic acids is 2. The van der Waals surface area contributed by atoms with Crippen molar-refractivity contribution in [2.75, 3.05) is 25.2 Å². The molecule has 0 radical (unpaired) electrons. The van der Waals surface area contributed by atoms with Gasteiger partial charge in [0.05, 0.1) is 18.8 Å². The van der Waals surface area contributed by atoms with E-state index in [-0.39, 0.29) is 17.9 Å². The molecule has 0 spiro atoms. The van der Waals surface area contributed by atoms with Gasteiger partial charge in [0.15, 0.2) is 0 Å². The van der Waals surface area contributed by atoms with Gasteiger partial charge in [-0.3, -0.25) is 14.6 Å². The fourth-order valence-corrected chi connectivity index (χ4v) is 2.90. The number of anilines is 1. The number of hydrazone groups is 1. The van der Waals surface area contributed by atoms with E-state index in [1.165, 1.54) is 5.01 Å². The van der Waals surface area contributed by atoms with Gasteiger partial charge in [-0.25, -0.2) is 0 Å². The molecule has 23 heavy (non-hydrogen) atoms. The average Bonchev–Trinajstić information content (AvgIpc) is 2.97. The molecule has 0 aromatic heterocycles. The molecule has 1 atom stereocenters. The molecule has 7 nitrogen and oxygen atoms in total.